The molecule has 0 fully saturated rings. The molecule has 0 spiro atoms. The van der Waals surface area contributed by atoms with Gasteiger partial charge in [0.15, 0.2) is 0 Å². The molecule has 27 heavy (non-hydrogen) atoms. The van der Waals surface area contributed by atoms with E-state index in [2.05, 4.69) is 15.3 Å². The summed E-state index contributed by atoms with van der Waals surface area (Å²) >= 11 is 3.23. The fourth-order valence-corrected chi connectivity index (χ4v) is 4.10. The predicted octanol–water partition coefficient (Wildman–Crippen LogP) is 5.80. The monoisotopic (exact) mass is 391 g/mol. The van der Waals surface area contributed by atoms with Gasteiger partial charge >= 0.3 is 0 Å². The van der Waals surface area contributed by atoms with Crippen molar-refractivity contribution in [2.45, 2.75) is 13.8 Å². The minimum absolute atomic E-state index is 0.130. The number of thiazole rings is 2. The molecule has 0 saturated carbocycles. The number of amides is 1. The summed E-state index contributed by atoms with van der Waals surface area (Å²) in [5.41, 5.74) is 5.41. The summed E-state index contributed by atoms with van der Waals surface area (Å²) in [6.45, 7) is 3.96. The highest BCUT2D eigenvalue weighted by molar-refractivity contribution is 7.13. The SMILES string of the molecule is Cc1csc(-c2ccc(C(=O)Nc3ccc(-c4csc(C)n4)cc3)cc2)n1. The van der Waals surface area contributed by atoms with Gasteiger partial charge in [0.1, 0.15) is 5.01 Å². The first-order chi connectivity index (χ1) is 13.1. The van der Waals surface area contributed by atoms with Gasteiger partial charge in [0.25, 0.3) is 5.91 Å². The molecule has 0 aliphatic rings. The van der Waals surface area contributed by atoms with Crippen molar-refractivity contribution in [2.75, 3.05) is 5.32 Å². The Morgan fingerprint density at radius 2 is 1.56 bits per heavy atom. The van der Waals surface area contributed by atoms with Gasteiger partial charge in [0, 0.05) is 38.8 Å². The van der Waals surface area contributed by atoms with Crippen LogP contribution in [0.2, 0.25) is 0 Å². The van der Waals surface area contributed by atoms with Crippen molar-refractivity contribution < 1.29 is 4.79 Å². The molecule has 0 bridgehead atoms. The summed E-state index contributed by atoms with van der Waals surface area (Å²) in [5, 5.41) is 9.00. The van der Waals surface area contributed by atoms with Crippen LogP contribution in [0.5, 0.6) is 0 Å². The van der Waals surface area contributed by atoms with E-state index < -0.39 is 0 Å². The zero-order chi connectivity index (χ0) is 18.8. The summed E-state index contributed by atoms with van der Waals surface area (Å²) in [7, 11) is 0. The van der Waals surface area contributed by atoms with Crippen molar-refractivity contribution in [1.29, 1.82) is 0 Å². The summed E-state index contributed by atoms with van der Waals surface area (Å²) in [5.74, 6) is -0.130. The largest absolute Gasteiger partial charge is 0.322 e. The number of nitrogens with zero attached hydrogens (tertiary/aromatic N) is 2. The maximum absolute atomic E-state index is 12.5. The van der Waals surface area contributed by atoms with E-state index in [1.165, 1.54) is 0 Å². The van der Waals surface area contributed by atoms with Crippen molar-refractivity contribution in [3.8, 4) is 21.8 Å². The molecular weight excluding hydrogens is 374 g/mol. The summed E-state index contributed by atoms with van der Waals surface area (Å²) in [4.78, 5) is 21.4. The van der Waals surface area contributed by atoms with Crippen LogP contribution in [0.25, 0.3) is 21.8 Å². The Morgan fingerprint density at radius 3 is 2.15 bits per heavy atom. The van der Waals surface area contributed by atoms with E-state index in [0.717, 1.165) is 38.2 Å². The van der Waals surface area contributed by atoms with Crippen LogP contribution in [0.1, 0.15) is 21.1 Å². The molecule has 1 N–H and O–H groups in total. The Kier molecular flexibility index (Phi) is 4.83. The van der Waals surface area contributed by atoms with Crippen LogP contribution in [-0.4, -0.2) is 15.9 Å². The van der Waals surface area contributed by atoms with E-state index in [0.29, 0.717) is 5.56 Å². The highest BCUT2D eigenvalue weighted by Gasteiger charge is 2.09. The van der Waals surface area contributed by atoms with Gasteiger partial charge in [-0.15, -0.1) is 22.7 Å². The molecule has 6 heteroatoms. The Hall–Kier alpha value is -2.83. The first-order valence-corrected chi connectivity index (χ1v) is 10.2. The molecule has 4 aromatic rings. The van der Waals surface area contributed by atoms with E-state index in [1.807, 2.05) is 73.1 Å². The van der Waals surface area contributed by atoms with Crippen molar-refractivity contribution in [3.63, 3.8) is 0 Å². The van der Waals surface area contributed by atoms with Crippen molar-refractivity contribution >= 4 is 34.3 Å². The van der Waals surface area contributed by atoms with E-state index in [1.54, 1.807) is 22.7 Å². The van der Waals surface area contributed by atoms with Crippen LogP contribution in [-0.2, 0) is 0 Å². The maximum Gasteiger partial charge on any atom is 0.255 e. The molecule has 134 valence electrons. The molecule has 0 atom stereocenters. The lowest BCUT2D eigenvalue weighted by Crippen LogP contribution is -2.11. The zero-order valence-electron chi connectivity index (χ0n) is 14.9. The third-order valence-electron chi connectivity index (χ3n) is 4.07. The highest BCUT2D eigenvalue weighted by Crippen LogP contribution is 2.25. The quantitative estimate of drug-likeness (QED) is 0.478. The zero-order valence-corrected chi connectivity index (χ0v) is 16.5. The van der Waals surface area contributed by atoms with E-state index in [4.69, 9.17) is 0 Å². The van der Waals surface area contributed by atoms with Gasteiger partial charge < -0.3 is 5.32 Å². The number of hydrogen-bond donors (Lipinski definition) is 1. The number of carbonyl (C=O) groups excluding carboxylic acids is 1. The first-order valence-electron chi connectivity index (χ1n) is 8.45. The lowest BCUT2D eigenvalue weighted by atomic mass is 10.1. The van der Waals surface area contributed by atoms with Gasteiger partial charge in [-0.1, -0.05) is 24.3 Å². The summed E-state index contributed by atoms with van der Waals surface area (Å²) in [6, 6.07) is 15.3. The molecule has 0 aliphatic carbocycles. The highest BCUT2D eigenvalue weighted by atomic mass is 32.1. The molecule has 2 heterocycles. The van der Waals surface area contributed by atoms with Crippen molar-refractivity contribution in [3.05, 3.63) is 75.6 Å². The average molecular weight is 392 g/mol. The molecule has 4 nitrogen and oxygen atoms in total. The number of anilines is 1. The van der Waals surface area contributed by atoms with Crippen LogP contribution in [0.4, 0.5) is 5.69 Å². The molecular formula is C21H17N3OS2. The smallest absolute Gasteiger partial charge is 0.255 e. The fourth-order valence-electron chi connectivity index (χ4n) is 2.67. The Balaban J connectivity index is 1.45. The Morgan fingerprint density at radius 1 is 0.852 bits per heavy atom. The number of rotatable bonds is 4. The second kappa shape index (κ2) is 7.42. The molecule has 2 aromatic carbocycles. The molecule has 0 unspecified atom stereocenters. The minimum atomic E-state index is -0.130. The van der Waals surface area contributed by atoms with E-state index in [9.17, 15) is 4.79 Å². The Bertz CT molecular complexity index is 1080. The lowest BCUT2D eigenvalue weighted by Gasteiger charge is -2.07. The first kappa shape index (κ1) is 17.6. The second-order valence-electron chi connectivity index (χ2n) is 6.15. The summed E-state index contributed by atoms with van der Waals surface area (Å²) in [6.07, 6.45) is 0. The van der Waals surface area contributed by atoms with Crippen molar-refractivity contribution in [2.24, 2.45) is 0 Å². The Labute approximate surface area is 165 Å². The molecule has 2 aromatic heterocycles. The number of aromatic nitrogens is 2. The normalized spacial score (nSPS) is 10.7. The van der Waals surface area contributed by atoms with Crippen LogP contribution in [0.3, 0.4) is 0 Å². The summed E-state index contributed by atoms with van der Waals surface area (Å²) < 4.78 is 0. The topological polar surface area (TPSA) is 54.9 Å². The minimum Gasteiger partial charge on any atom is -0.322 e. The van der Waals surface area contributed by atoms with E-state index >= 15 is 0 Å². The van der Waals surface area contributed by atoms with Gasteiger partial charge in [-0.25, -0.2) is 9.97 Å². The lowest BCUT2D eigenvalue weighted by molar-refractivity contribution is 0.102. The number of benzene rings is 2. The third kappa shape index (κ3) is 3.97. The number of hydrogen-bond acceptors (Lipinski definition) is 5. The standard InChI is InChI=1S/C21H17N3OS2/c1-13-11-27-21(22-13)17-5-3-16(4-6-17)20(25)24-18-9-7-15(8-10-18)19-12-26-14(2)23-19/h3-12H,1-2H3,(H,24,25). The average Bonchev–Trinajstić information content (AvgIpc) is 3.31. The number of aryl methyl sites for hydroxylation is 2. The van der Waals surface area contributed by atoms with Crippen LogP contribution in [0, 0.1) is 13.8 Å². The van der Waals surface area contributed by atoms with Gasteiger partial charge in [-0.05, 0) is 38.1 Å². The molecule has 0 radical (unpaired) electrons. The molecule has 1 amide bonds. The fraction of sp³-hybridized carbons (Fsp3) is 0.0952. The third-order valence-corrected chi connectivity index (χ3v) is 5.85. The predicted molar refractivity (Wildman–Crippen MR) is 113 cm³/mol. The molecule has 4 rings (SSSR count). The van der Waals surface area contributed by atoms with Gasteiger partial charge in [0.05, 0.1) is 10.7 Å². The van der Waals surface area contributed by atoms with Gasteiger partial charge in [-0.3, -0.25) is 4.79 Å². The van der Waals surface area contributed by atoms with Crippen molar-refractivity contribution in [1.82, 2.24) is 9.97 Å². The van der Waals surface area contributed by atoms with Gasteiger partial charge in [-0.2, -0.15) is 0 Å². The van der Waals surface area contributed by atoms with Gasteiger partial charge in [0.2, 0.25) is 0 Å². The maximum atomic E-state index is 12.5. The molecule has 0 aliphatic heterocycles. The van der Waals surface area contributed by atoms with Crippen LogP contribution >= 0.6 is 22.7 Å². The van der Waals surface area contributed by atoms with Crippen LogP contribution < -0.4 is 5.32 Å². The van der Waals surface area contributed by atoms with Crippen LogP contribution in [0.15, 0.2) is 59.3 Å². The molecule has 0 saturated heterocycles. The number of carbonyl (C=O) groups is 1. The second-order valence-corrected chi connectivity index (χ2v) is 8.07. The van der Waals surface area contributed by atoms with E-state index in [-0.39, 0.29) is 5.91 Å². The number of nitrogens with one attached hydrogen (secondary N) is 1.